The van der Waals surface area contributed by atoms with Crippen LogP contribution in [-0.4, -0.2) is 42.5 Å². The van der Waals surface area contributed by atoms with E-state index in [2.05, 4.69) is 36.3 Å². The lowest BCUT2D eigenvalue weighted by atomic mass is 9.98. The van der Waals surface area contributed by atoms with Crippen LogP contribution < -0.4 is 10.6 Å². The van der Waals surface area contributed by atoms with Crippen molar-refractivity contribution in [2.75, 3.05) is 19.6 Å². The van der Waals surface area contributed by atoms with E-state index in [1.807, 2.05) is 30.3 Å². The third-order valence-electron chi connectivity index (χ3n) is 4.63. The number of carbonyl (C=O) groups is 1. The molecule has 2 N–H and O–H groups in total. The van der Waals surface area contributed by atoms with Crippen molar-refractivity contribution in [3.63, 3.8) is 0 Å². The number of nitrogens with one attached hydrogen (secondary N) is 2. The molecule has 1 saturated heterocycles. The van der Waals surface area contributed by atoms with Crippen LogP contribution >= 0.6 is 24.8 Å². The van der Waals surface area contributed by atoms with Gasteiger partial charge in [-0.25, -0.2) is 0 Å². The molecule has 3 unspecified atom stereocenters. The Hall–Kier alpha value is -0.810. The fraction of sp³-hybridized carbons (Fsp3) is 0.611. The Morgan fingerprint density at radius 1 is 1.25 bits per heavy atom. The molecule has 3 atom stereocenters. The van der Waals surface area contributed by atoms with E-state index in [1.165, 1.54) is 0 Å². The van der Waals surface area contributed by atoms with Crippen molar-refractivity contribution in [2.45, 2.75) is 51.7 Å². The first kappa shape index (κ1) is 23.2. The zero-order chi connectivity index (χ0) is 15.9. The fourth-order valence-electron chi connectivity index (χ4n) is 3.25. The number of likely N-dealkylation sites (N-methyl/N-ethyl adjacent to an activating group) is 1. The number of halogens is 2. The number of nitrogens with zero attached hydrogens (tertiary/aromatic N) is 1. The predicted octanol–water partition coefficient (Wildman–Crippen LogP) is 3.17. The van der Waals surface area contributed by atoms with E-state index in [1.54, 1.807) is 0 Å². The van der Waals surface area contributed by atoms with Crippen LogP contribution in [0.5, 0.6) is 0 Å². The molecule has 1 aromatic carbocycles. The monoisotopic (exact) mass is 375 g/mol. The number of hydrogen-bond donors (Lipinski definition) is 2. The van der Waals surface area contributed by atoms with Crippen LogP contribution in [0.2, 0.25) is 0 Å². The summed E-state index contributed by atoms with van der Waals surface area (Å²) in [5, 5.41) is 6.72. The van der Waals surface area contributed by atoms with E-state index in [0.29, 0.717) is 6.04 Å². The molecule has 1 fully saturated rings. The van der Waals surface area contributed by atoms with Gasteiger partial charge >= 0.3 is 0 Å². The summed E-state index contributed by atoms with van der Waals surface area (Å²) in [5.41, 5.74) is 1.07. The van der Waals surface area contributed by atoms with E-state index in [4.69, 9.17) is 0 Å². The van der Waals surface area contributed by atoms with Crippen LogP contribution in [-0.2, 0) is 4.79 Å². The zero-order valence-corrected chi connectivity index (χ0v) is 16.5. The SMILES string of the molecule is CCN(CC)C(C(=O)NC1CCCNC1C)c1ccccc1.Cl.Cl. The second kappa shape index (κ2) is 11.7. The normalized spacial score (nSPS) is 21.3. The largest absolute Gasteiger partial charge is 0.350 e. The van der Waals surface area contributed by atoms with Crippen LogP contribution in [0.3, 0.4) is 0 Å². The smallest absolute Gasteiger partial charge is 0.242 e. The number of amides is 1. The molecule has 0 bridgehead atoms. The first-order chi connectivity index (χ1) is 10.7. The van der Waals surface area contributed by atoms with Crippen LogP contribution in [0.15, 0.2) is 30.3 Å². The Kier molecular flexibility index (Phi) is 11.3. The number of rotatable bonds is 6. The van der Waals surface area contributed by atoms with Crippen molar-refractivity contribution >= 4 is 30.7 Å². The standard InChI is InChI=1S/C18H29N3O.2ClH/c1-4-21(5-2)17(15-10-7-6-8-11-15)18(22)20-16-12-9-13-19-14(16)3;;/h6-8,10-11,14,16-17,19H,4-5,9,12-13H2,1-3H3,(H,20,22);2*1H. The molecule has 24 heavy (non-hydrogen) atoms. The molecule has 0 saturated carbocycles. The lowest BCUT2D eigenvalue weighted by Gasteiger charge is -2.34. The van der Waals surface area contributed by atoms with Gasteiger partial charge in [0.25, 0.3) is 0 Å². The molecular weight excluding hydrogens is 345 g/mol. The molecule has 1 aliphatic heterocycles. The third-order valence-corrected chi connectivity index (χ3v) is 4.63. The first-order valence-corrected chi connectivity index (χ1v) is 8.50. The van der Waals surface area contributed by atoms with E-state index in [0.717, 1.165) is 38.0 Å². The topological polar surface area (TPSA) is 44.4 Å². The Morgan fingerprint density at radius 2 is 1.88 bits per heavy atom. The van der Waals surface area contributed by atoms with E-state index in [9.17, 15) is 4.79 Å². The number of hydrogen-bond acceptors (Lipinski definition) is 3. The molecule has 1 aromatic rings. The maximum atomic E-state index is 12.9. The predicted molar refractivity (Wildman–Crippen MR) is 105 cm³/mol. The summed E-state index contributed by atoms with van der Waals surface area (Å²) in [4.78, 5) is 15.2. The summed E-state index contributed by atoms with van der Waals surface area (Å²) in [6.45, 7) is 9.14. The van der Waals surface area contributed by atoms with Crippen LogP contribution in [0, 0.1) is 0 Å². The Balaban J connectivity index is 0.00000264. The minimum absolute atomic E-state index is 0. The minimum Gasteiger partial charge on any atom is -0.350 e. The third kappa shape index (κ3) is 5.92. The summed E-state index contributed by atoms with van der Waals surface area (Å²) < 4.78 is 0. The average molecular weight is 376 g/mol. The van der Waals surface area contributed by atoms with Gasteiger partial charge in [0.1, 0.15) is 6.04 Å². The van der Waals surface area contributed by atoms with Crippen molar-refractivity contribution in [1.29, 1.82) is 0 Å². The fourth-order valence-corrected chi connectivity index (χ4v) is 3.25. The summed E-state index contributed by atoms with van der Waals surface area (Å²) in [5.74, 6) is 0.121. The molecule has 1 amide bonds. The van der Waals surface area contributed by atoms with Crippen molar-refractivity contribution in [3.8, 4) is 0 Å². The van der Waals surface area contributed by atoms with Crippen molar-refractivity contribution in [2.24, 2.45) is 0 Å². The Bertz CT molecular complexity index is 469. The van der Waals surface area contributed by atoms with Gasteiger partial charge in [0.15, 0.2) is 0 Å². The van der Waals surface area contributed by atoms with Gasteiger partial charge in [0, 0.05) is 12.1 Å². The molecule has 138 valence electrons. The molecule has 6 heteroatoms. The molecule has 4 nitrogen and oxygen atoms in total. The van der Waals surface area contributed by atoms with Crippen LogP contribution in [0.1, 0.15) is 45.2 Å². The Morgan fingerprint density at radius 3 is 2.42 bits per heavy atom. The van der Waals surface area contributed by atoms with Gasteiger partial charge < -0.3 is 10.6 Å². The summed E-state index contributed by atoms with van der Waals surface area (Å²) >= 11 is 0. The number of piperidine rings is 1. The lowest BCUT2D eigenvalue weighted by Crippen LogP contribution is -2.54. The van der Waals surface area contributed by atoms with Crippen molar-refractivity contribution in [1.82, 2.24) is 15.5 Å². The highest BCUT2D eigenvalue weighted by atomic mass is 35.5. The van der Waals surface area contributed by atoms with Crippen LogP contribution in [0.25, 0.3) is 0 Å². The Labute approximate surface area is 158 Å². The second-order valence-electron chi connectivity index (χ2n) is 6.03. The van der Waals surface area contributed by atoms with E-state index >= 15 is 0 Å². The molecule has 1 aliphatic rings. The van der Waals surface area contributed by atoms with Gasteiger partial charge in [-0.3, -0.25) is 9.69 Å². The molecule has 1 heterocycles. The van der Waals surface area contributed by atoms with Gasteiger partial charge in [0.05, 0.1) is 0 Å². The average Bonchev–Trinajstić information content (AvgIpc) is 2.55. The van der Waals surface area contributed by atoms with E-state index < -0.39 is 0 Å². The zero-order valence-electron chi connectivity index (χ0n) is 14.8. The molecule has 0 spiro atoms. The van der Waals surface area contributed by atoms with Gasteiger partial charge in [-0.15, -0.1) is 24.8 Å². The highest BCUT2D eigenvalue weighted by molar-refractivity contribution is 5.85. The summed E-state index contributed by atoms with van der Waals surface area (Å²) in [7, 11) is 0. The van der Waals surface area contributed by atoms with Crippen molar-refractivity contribution < 1.29 is 4.79 Å². The quantitative estimate of drug-likeness (QED) is 0.802. The van der Waals surface area contributed by atoms with Gasteiger partial charge in [-0.2, -0.15) is 0 Å². The molecule has 0 aliphatic carbocycles. The highest BCUT2D eigenvalue weighted by Gasteiger charge is 2.29. The molecule has 0 aromatic heterocycles. The van der Waals surface area contributed by atoms with Gasteiger partial charge in [0.2, 0.25) is 5.91 Å². The minimum atomic E-state index is -0.203. The van der Waals surface area contributed by atoms with Gasteiger partial charge in [-0.05, 0) is 45.0 Å². The van der Waals surface area contributed by atoms with Crippen LogP contribution in [0.4, 0.5) is 0 Å². The van der Waals surface area contributed by atoms with Crippen molar-refractivity contribution in [3.05, 3.63) is 35.9 Å². The maximum absolute atomic E-state index is 12.9. The van der Waals surface area contributed by atoms with E-state index in [-0.39, 0.29) is 42.8 Å². The maximum Gasteiger partial charge on any atom is 0.242 e. The molecular formula is C18H31Cl2N3O. The summed E-state index contributed by atoms with van der Waals surface area (Å²) in [6, 6.07) is 10.5. The number of benzene rings is 1. The summed E-state index contributed by atoms with van der Waals surface area (Å²) in [6.07, 6.45) is 2.18. The lowest BCUT2D eigenvalue weighted by molar-refractivity contribution is -0.127. The molecule has 0 radical (unpaired) electrons. The molecule has 2 rings (SSSR count). The highest BCUT2D eigenvalue weighted by Crippen LogP contribution is 2.21. The second-order valence-corrected chi connectivity index (χ2v) is 6.03. The van der Waals surface area contributed by atoms with Gasteiger partial charge in [-0.1, -0.05) is 44.2 Å². The first-order valence-electron chi connectivity index (χ1n) is 8.50. The number of carbonyl (C=O) groups excluding carboxylic acids is 1.